The number of nitrogens with two attached hydrogens (primary N) is 1. The predicted molar refractivity (Wildman–Crippen MR) is 62.5 cm³/mol. The molecule has 1 rings (SSSR count). The van der Waals surface area contributed by atoms with Crippen LogP contribution in [0.3, 0.4) is 0 Å². The van der Waals surface area contributed by atoms with E-state index in [1.807, 2.05) is 14.1 Å². The molecule has 0 aromatic heterocycles. The van der Waals surface area contributed by atoms with Crippen LogP contribution in [0.1, 0.15) is 6.42 Å². The molecule has 0 spiro atoms. The second-order valence-corrected chi connectivity index (χ2v) is 3.82. The van der Waals surface area contributed by atoms with Crippen LogP contribution in [0.15, 0.2) is 18.2 Å². The van der Waals surface area contributed by atoms with E-state index in [0.717, 1.165) is 25.2 Å². The van der Waals surface area contributed by atoms with Crippen molar-refractivity contribution in [2.75, 3.05) is 38.2 Å². The molecule has 15 heavy (non-hydrogen) atoms. The Kier molecular flexibility index (Phi) is 4.37. The van der Waals surface area contributed by atoms with Crippen LogP contribution in [0.5, 0.6) is 0 Å². The summed E-state index contributed by atoms with van der Waals surface area (Å²) in [6.07, 6.45) is 1.03. The SMILES string of the molecule is CN(C)CCCNc1ccc(N)c(F)c1. The number of benzene rings is 1. The highest BCUT2D eigenvalue weighted by Gasteiger charge is 1.99. The second kappa shape index (κ2) is 5.56. The Hall–Kier alpha value is -1.29. The summed E-state index contributed by atoms with van der Waals surface area (Å²) in [5, 5.41) is 3.15. The minimum Gasteiger partial charge on any atom is -0.396 e. The van der Waals surface area contributed by atoms with E-state index in [1.165, 1.54) is 6.07 Å². The van der Waals surface area contributed by atoms with Crippen LogP contribution >= 0.6 is 0 Å². The molecule has 0 aliphatic rings. The summed E-state index contributed by atoms with van der Waals surface area (Å²) in [5.74, 6) is -0.368. The van der Waals surface area contributed by atoms with Gasteiger partial charge in [0.05, 0.1) is 5.69 Å². The number of hydrogen-bond donors (Lipinski definition) is 2. The Bertz CT molecular complexity index is 313. The fourth-order valence-corrected chi connectivity index (χ4v) is 1.27. The third-order valence-corrected chi connectivity index (χ3v) is 2.11. The molecule has 0 unspecified atom stereocenters. The van der Waals surface area contributed by atoms with Crippen molar-refractivity contribution in [2.45, 2.75) is 6.42 Å². The quantitative estimate of drug-likeness (QED) is 0.576. The lowest BCUT2D eigenvalue weighted by atomic mass is 10.2. The zero-order valence-corrected chi connectivity index (χ0v) is 9.26. The van der Waals surface area contributed by atoms with Crippen LogP contribution in [0, 0.1) is 5.82 Å². The predicted octanol–water partition coefficient (Wildman–Crippen LogP) is 1.77. The van der Waals surface area contributed by atoms with E-state index in [0.29, 0.717) is 0 Å². The molecular weight excluding hydrogens is 193 g/mol. The van der Waals surface area contributed by atoms with E-state index in [9.17, 15) is 4.39 Å². The molecule has 0 fully saturated rings. The molecular formula is C11H18FN3. The van der Waals surface area contributed by atoms with E-state index >= 15 is 0 Å². The maximum absolute atomic E-state index is 13.0. The molecule has 0 radical (unpaired) electrons. The Morgan fingerprint density at radius 2 is 2.13 bits per heavy atom. The average molecular weight is 211 g/mol. The van der Waals surface area contributed by atoms with Crippen LogP contribution in [-0.2, 0) is 0 Å². The van der Waals surface area contributed by atoms with E-state index in [-0.39, 0.29) is 11.5 Å². The van der Waals surface area contributed by atoms with Gasteiger partial charge in [-0.1, -0.05) is 0 Å². The van der Waals surface area contributed by atoms with Crippen molar-refractivity contribution in [2.24, 2.45) is 0 Å². The lowest BCUT2D eigenvalue weighted by Gasteiger charge is -2.10. The van der Waals surface area contributed by atoms with Gasteiger partial charge in [0, 0.05) is 12.2 Å². The standard InChI is InChI=1S/C11H18FN3/c1-15(2)7-3-6-14-9-4-5-11(13)10(12)8-9/h4-5,8,14H,3,6-7,13H2,1-2H3. The van der Waals surface area contributed by atoms with Crippen molar-refractivity contribution in [1.29, 1.82) is 0 Å². The van der Waals surface area contributed by atoms with Gasteiger partial charge in [0.2, 0.25) is 0 Å². The van der Waals surface area contributed by atoms with Gasteiger partial charge in [-0.3, -0.25) is 0 Å². The van der Waals surface area contributed by atoms with Crippen molar-refractivity contribution < 1.29 is 4.39 Å². The Morgan fingerprint density at radius 3 is 2.73 bits per heavy atom. The first kappa shape index (κ1) is 11.8. The van der Waals surface area contributed by atoms with Gasteiger partial charge in [0.15, 0.2) is 0 Å². The van der Waals surface area contributed by atoms with Gasteiger partial charge in [0.25, 0.3) is 0 Å². The molecule has 0 aliphatic carbocycles. The van der Waals surface area contributed by atoms with E-state index in [2.05, 4.69) is 10.2 Å². The highest BCUT2D eigenvalue weighted by Crippen LogP contribution is 2.15. The highest BCUT2D eigenvalue weighted by molar-refractivity contribution is 5.52. The number of halogens is 1. The number of anilines is 2. The van der Waals surface area contributed by atoms with Crippen molar-refractivity contribution >= 4 is 11.4 Å². The molecule has 0 amide bonds. The van der Waals surface area contributed by atoms with Gasteiger partial charge in [-0.2, -0.15) is 0 Å². The number of nitrogens with zero attached hydrogens (tertiary/aromatic N) is 1. The molecule has 0 saturated heterocycles. The average Bonchev–Trinajstić information content (AvgIpc) is 2.18. The first-order valence-corrected chi connectivity index (χ1v) is 5.03. The molecule has 0 bridgehead atoms. The van der Waals surface area contributed by atoms with Gasteiger partial charge >= 0.3 is 0 Å². The largest absolute Gasteiger partial charge is 0.396 e. The molecule has 0 atom stereocenters. The molecule has 3 nitrogen and oxygen atoms in total. The number of rotatable bonds is 5. The molecule has 0 heterocycles. The Balaban J connectivity index is 2.35. The summed E-state index contributed by atoms with van der Waals surface area (Å²) in [7, 11) is 4.06. The molecule has 4 heteroatoms. The van der Waals surface area contributed by atoms with Crippen LogP contribution in [0.25, 0.3) is 0 Å². The van der Waals surface area contributed by atoms with Crippen LogP contribution < -0.4 is 11.1 Å². The number of hydrogen-bond acceptors (Lipinski definition) is 3. The van der Waals surface area contributed by atoms with Gasteiger partial charge in [-0.25, -0.2) is 4.39 Å². The molecule has 84 valence electrons. The van der Waals surface area contributed by atoms with Gasteiger partial charge in [0.1, 0.15) is 5.82 Å². The summed E-state index contributed by atoms with van der Waals surface area (Å²) >= 11 is 0. The first-order chi connectivity index (χ1) is 7.09. The summed E-state index contributed by atoms with van der Waals surface area (Å²) in [6, 6.07) is 4.78. The van der Waals surface area contributed by atoms with Crippen LogP contribution in [0.2, 0.25) is 0 Å². The van der Waals surface area contributed by atoms with Crippen molar-refractivity contribution in [3.05, 3.63) is 24.0 Å². The van der Waals surface area contributed by atoms with E-state index in [4.69, 9.17) is 5.73 Å². The number of nitrogen functional groups attached to an aromatic ring is 1. The van der Waals surface area contributed by atoms with Crippen LogP contribution in [0.4, 0.5) is 15.8 Å². The zero-order chi connectivity index (χ0) is 11.3. The Morgan fingerprint density at radius 1 is 1.40 bits per heavy atom. The monoisotopic (exact) mass is 211 g/mol. The molecule has 3 N–H and O–H groups in total. The lowest BCUT2D eigenvalue weighted by Crippen LogP contribution is -2.16. The third kappa shape index (κ3) is 4.16. The minimum atomic E-state index is -0.368. The summed E-state index contributed by atoms with van der Waals surface area (Å²) in [4.78, 5) is 2.12. The summed E-state index contributed by atoms with van der Waals surface area (Å²) in [6.45, 7) is 1.85. The summed E-state index contributed by atoms with van der Waals surface area (Å²) < 4.78 is 13.0. The fraction of sp³-hybridized carbons (Fsp3) is 0.455. The molecule has 0 saturated carbocycles. The van der Waals surface area contributed by atoms with Crippen molar-refractivity contribution in [1.82, 2.24) is 4.90 Å². The molecule has 1 aromatic rings. The van der Waals surface area contributed by atoms with Gasteiger partial charge < -0.3 is 16.0 Å². The van der Waals surface area contributed by atoms with Crippen molar-refractivity contribution in [3.8, 4) is 0 Å². The van der Waals surface area contributed by atoms with Gasteiger partial charge in [-0.15, -0.1) is 0 Å². The lowest BCUT2D eigenvalue weighted by molar-refractivity contribution is 0.405. The van der Waals surface area contributed by atoms with Crippen LogP contribution in [-0.4, -0.2) is 32.1 Å². The third-order valence-electron chi connectivity index (χ3n) is 2.11. The normalized spacial score (nSPS) is 10.7. The molecule has 0 aliphatic heterocycles. The Labute approximate surface area is 90.1 Å². The highest BCUT2D eigenvalue weighted by atomic mass is 19.1. The molecule has 1 aromatic carbocycles. The smallest absolute Gasteiger partial charge is 0.148 e. The topological polar surface area (TPSA) is 41.3 Å². The zero-order valence-electron chi connectivity index (χ0n) is 9.26. The number of nitrogens with one attached hydrogen (secondary N) is 1. The minimum absolute atomic E-state index is 0.189. The summed E-state index contributed by atoms with van der Waals surface area (Å²) in [5.41, 5.74) is 6.34. The maximum atomic E-state index is 13.0. The van der Waals surface area contributed by atoms with Crippen molar-refractivity contribution in [3.63, 3.8) is 0 Å². The maximum Gasteiger partial charge on any atom is 0.148 e. The van der Waals surface area contributed by atoms with Gasteiger partial charge in [-0.05, 0) is 45.3 Å². The fourth-order valence-electron chi connectivity index (χ4n) is 1.27. The van der Waals surface area contributed by atoms with E-state index < -0.39 is 0 Å². The second-order valence-electron chi connectivity index (χ2n) is 3.82. The van der Waals surface area contributed by atoms with E-state index in [1.54, 1.807) is 12.1 Å². The first-order valence-electron chi connectivity index (χ1n) is 5.03.